The molecular weight excluding hydrogens is 194 g/mol. The van der Waals surface area contributed by atoms with Gasteiger partial charge >= 0.3 is 0 Å². The first-order chi connectivity index (χ1) is 7.25. The third-order valence-corrected chi connectivity index (χ3v) is 3.38. The van der Waals surface area contributed by atoms with Gasteiger partial charge in [-0.1, -0.05) is 6.07 Å². The van der Waals surface area contributed by atoms with Crippen molar-refractivity contribution < 1.29 is 9.84 Å². The number of aliphatic hydroxyl groups excluding tert-OH is 1. The maximum Gasteiger partial charge on any atom is 0.250 e. The predicted octanol–water partition coefficient (Wildman–Crippen LogP) is 0.300. The van der Waals surface area contributed by atoms with Crippen LogP contribution in [0.1, 0.15) is 18.0 Å². The number of ether oxygens (including phenoxy) is 1. The number of hydrogen-bond acceptors (Lipinski definition) is 3. The van der Waals surface area contributed by atoms with Crippen LogP contribution < -0.4 is 5.56 Å². The number of nitrogens with zero attached hydrogens (tertiary/aromatic N) is 1. The van der Waals surface area contributed by atoms with Crippen LogP contribution >= 0.6 is 0 Å². The summed E-state index contributed by atoms with van der Waals surface area (Å²) in [4.78, 5) is 11.6. The van der Waals surface area contributed by atoms with E-state index in [0.29, 0.717) is 13.2 Å². The zero-order chi connectivity index (χ0) is 10.4. The molecule has 1 saturated heterocycles. The summed E-state index contributed by atoms with van der Waals surface area (Å²) in [6, 6.07) is 5.33. The third kappa shape index (κ3) is 1.33. The molecule has 80 valence electrons. The number of pyridine rings is 1. The van der Waals surface area contributed by atoms with Crippen molar-refractivity contribution in [1.29, 1.82) is 0 Å². The lowest BCUT2D eigenvalue weighted by molar-refractivity contribution is -0.174. The minimum absolute atomic E-state index is 0.0244. The molecule has 0 amide bonds. The molecule has 3 rings (SSSR count). The molecule has 3 atom stereocenters. The molecule has 0 saturated carbocycles. The summed E-state index contributed by atoms with van der Waals surface area (Å²) in [5.74, 6) is 0.331. The standard InChI is InChI=1S/C11H13NO3/c13-10-3-1-2-9-8-4-7(5-12(9)10)11(14)15-6-8/h1-3,7-8,11,14H,4-6H2/t7-,8-,11-/m1/s1. The van der Waals surface area contributed by atoms with E-state index in [4.69, 9.17) is 4.74 Å². The van der Waals surface area contributed by atoms with E-state index >= 15 is 0 Å². The van der Waals surface area contributed by atoms with Crippen molar-refractivity contribution >= 4 is 0 Å². The van der Waals surface area contributed by atoms with Gasteiger partial charge in [0, 0.05) is 30.1 Å². The third-order valence-electron chi connectivity index (χ3n) is 3.38. The molecule has 0 unspecified atom stereocenters. The maximum absolute atomic E-state index is 11.6. The van der Waals surface area contributed by atoms with Crippen molar-refractivity contribution in [2.24, 2.45) is 5.92 Å². The van der Waals surface area contributed by atoms with E-state index in [0.717, 1.165) is 12.1 Å². The van der Waals surface area contributed by atoms with Crippen LogP contribution in [0.4, 0.5) is 0 Å². The molecule has 4 nitrogen and oxygen atoms in total. The molecule has 0 spiro atoms. The summed E-state index contributed by atoms with van der Waals surface area (Å²) in [7, 11) is 0. The van der Waals surface area contributed by atoms with E-state index in [1.807, 2.05) is 6.07 Å². The van der Waals surface area contributed by atoms with Crippen LogP contribution in [0.25, 0.3) is 0 Å². The van der Waals surface area contributed by atoms with Crippen molar-refractivity contribution in [3.63, 3.8) is 0 Å². The number of aromatic nitrogens is 1. The predicted molar refractivity (Wildman–Crippen MR) is 53.5 cm³/mol. The van der Waals surface area contributed by atoms with Crippen LogP contribution in [-0.4, -0.2) is 22.6 Å². The second kappa shape index (κ2) is 3.18. The maximum atomic E-state index is 11.6. The lowest BCUT2D eigenvalue weighted by Gasteiger charge is -2.39. The van der Waals surface area contributed by atoms with Gasteiger partial charge in [-0.2, -0.15) is 0 Å². The SMILES string of the molecule is O=c1cccc2n1C[C@H]1C[C@@H]2CO[C@H]1O. The zero-order valence-corrected chi connectivity index (χ0v) is 8.30. The topological polar surface area (TPSA) is 51.5 Å². The summed E-state index contributed by atoms with van der Waals surface area (Å²) in [6.45, 7) is 1.09. The van der Waals surface area contributed by atoms with Crippen LogP contribution in [0.5, 0.6) is 0 Å². The average molecular weight is 207 g/mol. The number of aliphatic hydroxyl groups is 1. The highest BCUT2D eigenvalue weighted by Gasteiger charge is 2.36. The summed E-state index contributed by atoms with van der Waals surface area (Å²) < 4.78 is 7.05. The van der Waals surface area contributed by atoms with E-state index in [1.165, 1.54) is 0 Å². The monoisotopic (exact) mass is 207 g/mol. The van der Waals surface area contributed by atoms with Crippen LogP contribution in [0, 0.1) is 5.92 Å². The first-order valence-corrected chi connectivity index (χ1v) is 5.25. The molecule has 15 heavy (non-hydrogen) atoms. The minimum atomic E-state index is -0.707. The van der Waals surface area contributed by atoms with E-state index in [1.54, 1.807) is 16.7 Å². The van der Waals surface area contributed by atoms with E-state index in [-0.39, 0.29) is 17.4 Å². The lowest BCUT2D eigenvalue weighted by atomic mass is 9.85. The normalized spacial score (nSPS) is 33.5. The summed E-state index contributed by atoms with van der Waals surface area (Å²) in [5, 5.41) is 9.60. The van der Waals surface area contributed by atoms with Gasteiger partial charge in [-0.25, -0.2) is 0 Å². The molecule has 3 heterocycles. The second-order valence-electron chi connectivity index (χ2n) is 4.32. The van der Waals surface area contributed by atoms with Gasteiger partial charge in [-0.3, -0.25) is 4.79 Å². The Kier molecular flexibility index (Phi) is 1.94. The van der Waals surface area contributed by atoms with Crippen molar-refractivity contribution in [3.05, 3.63) is 34.2 Å². The zero-order valence-electron chi connectivity index (χ0n) is 8.30. The number of fused-ring (bicyclic) bond motifs is 4. The van der Waals surface area contributed by atoms with Gasteiger partial charge in [0.15, 0.2) is 6.29 Å². The highest BCUT2D eigenvalue weighted by molar-refractivity contribution is 5.15. The van der Waals surface area contributed by atoms with Crippen LogP contribution in [0.3, 0.4) is 0 Å². The van der Waals surface area contributed by atoms with Gasteiger partial charge in [0.1, 0.15) is 0 Å². The Bertz CT molecular complexity index is 440. The molecule has 0 radical (unpaired) electrons. The first kappa shape index (κ1) is 9.12. The van der Waals surface area contributed by atoms with Crippen molar-refractivity contribution in [1.82, 2.24) is 4.57 Å². The van der Waals surface area contributed by atoms with Gasteiger partial charge in [0.05, 0.1) is 6.61 Å². The largest absolute Gasteiger partial charge is 0.368 e. The van der Waals surface area contributed by atoms with Crippen molar-refractivity contribution in [2.75, 3.05) is 6.61 Å². The molecule has 1 aromatic heterocycles. The minimum Gasteiger partial charge on any atom is -0.368 e. The fraction of sp³-hybridized carbons (Fsp3) is 0.545. The first-order valence-electron chi connectivity index (χ1n) is 5.25. The lowest BCUT2D eigenvalue weighted by Crippen LogP contribution is -2.44. The molecule has 1 aromatic rings. The highest BCUT2D eigenvalue weighted by atomic mass is 16.6. The Balaban J connectivity index is 2.11. The van der Waals surface area contributed by atoms with Crippen LogP contribution in [-0.2, 0) is 11.3 Å². The van der Waals surface area contributed by atoms with Crippen LogP contribution in [0.2, 0.25) is 0 Å². The van der Waals surface area contributed by atoms with E-state index < -0.39 is 6.29 Å². The summed E-state index contributed by atoms with van der Waals surface area (Å²) in [5.41, 5.74) is 1.07. The van der Waals surface area contributed by atoms with E-state index in [9.17, 15) is 9.90 Å². The Morgan fingerprint density at radius 2 is 2.33 bits per heavy atom. The average Bonchev–Trinajstić information content (AvgIpc) is 2.25. The molecular formula is C11H13NO3. The smallest absolute Gasteiger partial charge is 0.250 e. The van der Waals surface area contributed by atoms with Crippen molar-refractivity contribution in [2.45, 2.75) is 25.2 Å². The van der Waals surface area contributed by atoms with Gasteiger partial charge in [-0.05, 0) is 12.5 Å². The summed E-state index contributed by atoms with van der Waals surface area (Å²) in [6.07, 6.45) is 0.214. The van der Waals surface area contributed by atoms with Crippen molar-refractivity contribution in [3.8, 4) is 0 Å². The highest BCUT2D eigenvalue weighted by Crippen LogP contribution is 2.35. The molecule has 4 heteroatoms. The fourth-order valence-electron chi connectivity index (χ4n) is 2.59. The second-order valence-corrected chi connectivity index (χ2v) is 4.32. The molecule has 0 aliphatic carbocycles. The Hall–Kier alpha value is -1.13. The fourth-order valence-corrected chi connectivity index (χ4v) is 2.59. The summed E-state index contributed by atoms with van der Waals surface area (Å²) >= 11 is 0. The number of hydrogen-bond donors (Lipinski definition) is 1. The van der Waals surface area contributed by atoms with Gasteiger partial charge in [0.2, 0.25) is 0 Å². The molecule has 1 N–H and O–H groups in total. The van der Waals surface area contributed by atoms with Gasteiger partial charge in [-0.15, -0.1) is 0 Å². The Morgan fingerprint density at radius 3 is 3.20 bits per heavy atom. The van der Waals surface area contributed by atoms with Gasteiger partial charge in [0.25, 0.3) is 5.56 Å². The quantitative estimate of drug-likeness (QED) is 0.665. The molecule has 2 bridgehead atoms. The van der Waals surface area contributed by atoms with Gasteiger partial charge < -0.3 is 14.4 Å². The molecule has 2 aliphatic heterocycles. The molecule has 0 aromatic carbocycles. The molecule has 2 aliphatic rings. The van der Waals surface area contributed by atoms with E-state index in [2.05, 4.69) is 0 Å². The van der Waals surface area contributed by atoms with Crippen LogP contribution in [0.15, 0.2) is 23.0 Å². The Morgan fingerprint density at radius 1 is 1.47 bits per heavy atom. The Labute approximate surface area is 87.1 Å². The number of rotatable bonds is 0. The molecule has 1 fully saturated rings.